The minimum absolute atomic E-state index is 0.0420. The second kappa shape index (κ2) is 5.51. The fourth-order valence-corrected chi connectivity index (χ4v) is 3.33. The molecule has 1 saturated carbocycles. The molecule has 5 heteroatoms. The molecule has 0 atom stereocenters. The third-order valence-electron chi connectivity index (χ3n) is 3.01. The van der Waals surface area contributed by atoms with Gasteiger partial charge in [-0.1, -0.05) is 12.1 Å². The summed E-state index contributed by atoms with van der Waals surface area (Å²) in [5.41, 5.74) is 0.908. The minimum atomic E-state index is -0.0420. The van der Waals surface area contributed by atoms with E-state index in [0.717, 1.165) is 33.7 Å². The first-order chi connectivity index (χ1) is 9.22. The summed E-state index contributed by atoms with van der Waals surface area (Å²) in [5, 5.41) is 0. The predicted octanol–water partition coefficient (Wildman–Crippen LogP) is 3.70. The average Bonchev–Trinajstić information content (AvgIpc) is 3.21. The van der Waals surface area contributed by atoms with E-state index in [-0.39, 0.29) is 5.56 Å². The number of nitrogens with zero attached hydrogens (tertiary/aromatic N) is 1. The fourth-order valence-electron chi connectivity index (χ4n) is 1.89. The van der Waals surface area contributed by atoms with Gasteiger partial charge in [0.25, 0.3) is 5.56 Å². The molecule has 1 aliphatic carbocycles. The van der Waals surface area contributed by atoms with Crippen molar-refractivity contribution in [1.29, 1.82) is 0 Å². The highest BCUT2D eigenvalue weighted by Gasteiger charge is 2.25. The summed E-state index contributed by atoms with van der Waals surface area (Å²) in [6.07, 6.45) is 2.32. The third kappa shape index (κ3) is 3.28. The van der Waals surface area contributed by atoms with Crippen molar-refractivity contribution in [2.24, 2.45) is 0 Å². The molecule has 0 spiro atoms. The molecule has 0 aliphatic heterocycles. The number of hydrogen-bond donors (Lipinski definition) is 1. The number of halogens is 1. The van der Waals surface area contributed by atoms with Gasteiger partial charge in [0.05, 0.1) is 11.4 Å². The normalized spacial score (nSPS) is 14.6. The second-order valence-corrected chi connectivity index (χ2v) is 6.48. The number of hydrogen-bond acceptors (Lipinski definition) is 3. The van der Waals surface area contributed by atoms with Gasteiger partial charge in [-0.3, -0.25) is 4.79 Å². The van der Waals surface area contributed by atoms with Crippen LogP contribution in [0.4, 0.5) is 0 Å². The molecule has 2 aromatic rings. The van der Waals surface area contributed by atoms with E-state index < -0.39 is 0 Å². The summed E-state index contributed by atoms with van der Waals surface area (Å²) in [7, 11) is 0. The summed E-state index contributed by atoms with van der Waals surface area (Å²) in [5.74, 6) is 1.95. The van der Waals surface area contributed by atoms with Crippen molar-refractivity contribution >= 4 is 27.7 Å². The van der Waals surface area contributed by atoms with Crippen LogP contribution in [0, 0.1) is 0 Å². The topological polar surface area (TPSA) is 45.8 Å². The maximum absolute atomic E-state index is 11.6. The van der Waals surface area contributed by atoms with Gasteiger partial charge in [-0.15, -0.1) is 11.8 Å². The zero-order valence-corrected chi connectivity index (χ0v) is 12.6. The van der Waals surface area contributed by atoms with Crippen LogP contribution in [0.25, 0.3) is 0 Å². The van der Waals surface area contributed by atoms with Gasteiger partial charge in [-0.2, -0.15) is 0 Å². The Kier molecular flexibility index (Phi) is 3.75. The van der Waals surface area contributed by atoms with Crippen LogP contribution in [0.1, 0.15) is 30.3 Å². The van der Waals surface area contributed by atoms with Crippen molar-refractivity contribution in [3.8, 4) is 0 Å². The second-order valence-electron chi connectivity index (χ2n) is 4.61. The van der Waals surface area contributed by atoms with Gasteiger partial charge in [-0.25, -0.2) is 4.98 Å². The van der Waals surface area contributed by atoms with Crippen LogP contribution in [0.2, 0.25) is 0 Å². The van der Waals surface area contributed by atoms with Crippen LogP contribution in [0.5, 0.6) is 0 Å². The van der Waals surface area contributed by atoms with Crippen LogP contribution < -0.4 is 5.56 Å². The smallest absolute Gasteiger partial charge is 0.251 e. The van der Waals surface area contributed by atoms with E-state index in [2.05, 4.69) is 32.0 Å². The maximum atomic E-state index is 11.6. The number of H-pyrrole nitrogens is 1. The summed E-state index contributed by atoms with van der Waals surface area (Å²) in [6.45, 7) is 0. The monoisotopic (exact) mass is 336 g/mol. The van der Waals surface area contributed by atoms with Crippen LogP contribution >= 0.6 is 27.7 Å². The van der Waals surface area contributed by atoms with Crippen molar-refractivity contribution in [2.75, 3.05) is 0 Å². The minimum Gasteiger partial charge on any atom is -0.310 e. The van der Waals surface area contributed by atoms with Crippen molar-refractivity contribution in [3.05, 3.63) is 56.7 Å². The molecule has 0 amide bonds. The lowest BCUT2D eigenvalue weighted by Crippen LogP contribution is -2.11. The molecule has 0 unspecified atom stereocenters. The largest absolute Gasteiger partial charge is 0.310 e. The van der Waals surface area contributed by atoms with E-state index in [1.165, 1.54) is 0 Å². The molecule has 1 fully saturated rings. The van der Waals surface area contributed by atoms with Gasteiger partial charge in [0.2, 0.25) is 0 Å². The fraction of sp³-hybridized carbons (Fsp3) is 0.286. The highest BCUT2D eigenvalue weighted by atomic mass is 79.9. The summed E-state index contributed by atoms with van der Waals surface area (Å²) in [6, 6.07) is 9.69. The number of thioether (sulfide) groups is 1. The first-order valence-corrected chi connectivity index (χ1v) is 7.98. The highest BCUT2D eigenvalue weighted by Crippen LogP contribution is 2.38. The Morgan fingerprint density at radius 1 is 1.37 bits per heavy atom. The molecule has 3 nitrogen and oxygen atoms in total. The van der Waals surface area contributed by atoms with Crippen molar-refractivity contribution in [3.63, 3.8) is 0 Å². The molecule has 1 aromatic heterocycles. The lowest BCUT2D eigenvalue weighted by molar-refractivity contribution is 0.912. The molecule has 1 aromatic carbocycles. The molecule has 3 rings (SSSR count). The Bertz CT molecular complexity index is 652. The number of benzene rings is 1. The number of aromatic amines is 1. The van der Waals surface area contributed by atoms with E-state index in [9.17, 15) is 4.79 Å². The molecule has 19 heavy (non-hydrogen) atoms. The van der Waals surface area contributed by atoms with Gasteiger partial charge in [0, 0.05) is 21.4 Å². The van der Waals surface area contributed by atoms with E-state index in [1.807, 2.05) is 18.2 Å². The summed E-state index contributed by atoms with van der Waals surface area (Å²) in [4.78, 5) is 20.1. The van der Waals surface area contributed by atoms with Crippen LogP contribution in [-0.2, 0) is 5.75 Å². The summed E-state index contributed by atoms with van der Waals surface area (Å²) < 4.78 is 1.07. The average molecular weight is 337 g/mol. The van der Waals surface area contributed by atoms with Gasteiger partial charge in [0.1, 0.15) is 5.82 Å². The van der Waals surface area contributed by atoms with Gasteiger partial charge < -0.3 is 4.98 Å². The molecule has 1 aliphatic rings. The molecular formula is C14H13BrN2OS. The molecule has 0 bridgehead atoms. The first kappa shape index (κ1) is 12.9. The summed E-state index contributed by atoms with van der Waals surface area (Å²) >= 11 is 5.19. The van der Waals surface area contributed by atoms with E-state index in [4.69, 9.17) is 0 Å². The number of nitrogens with one attached hydrogen (secondary N) is 1. The van der Waals surface area contributed by atoms with Crippen molar-refractivity contribution in [1.82, 2.24) is 9.97 Å². The van der Waals surface area contributed by atoms with Crippen molar-refractivity contribution in [2.45, 2.75) is 29.4 Å². The Morgan fingerprint density at radius 2 is 2.16 bits per heavy atom. The predicted molar refractivity (Wildman–Crippen MR) is 80.5 cm³/mol. The zero-order valence-electron chi connectivity index (χ0n) is 10.2. The molecule has 0 saturated heterocycles. The highest BCUT2D eigenvalue weighted by molar-refractivity contribution is 9.10. The Balaban J connectivity index is 1.76. The Labute approximate surface area is 124 Å². The lowest BCUT2D eigenvalue weighted by atomic mass is 10.3. The molecule has 1 N–H and O–H groups in total. The molecule has 98 valence electrons. The van der Waals surface area contributed by atoms with Crippen LogP contribution in [0.15, 0.2) is 44.5 Å². The quantitative estimate of drug-likeness (QED) is 0.866. The van der Waals surface area contributed by atoms with E-state index >= 15 is 0 Å². The van der Waals surface area contributed by atoms with Gasteiger partial charge >= 0.3 is 0 Å². The van der Waals surface area contributed by atoms with Crippen LogP contribution in [-0.4, -0.2) is 9.97 Å². The third-order valence-corrected chi connectivity index (χ3v) is 5.05. The molecular weight excluding hydrogens is 324 g/mol. The van der Waals surface area contributed by atoms with E-state index in [1.54, 1.807) is 17.8 Å². The van der Waals surface area contributed by atoms with Crippen molar-refractivity contribution < 1.29 is 0 Å². The van der Waals surface area contributed by atoms with E-state index in [0.29, 0.717) is 11.7 Å². The zero-order chi connectivity index (χ0) is 13.2. The lowest BCUT2D eigenvalue weighted by Gasteiger charge is -2.05. The first-order valence-electron chi connectivity index (χ1n) is 6.20. The standard InChI is InChI=1S/C14H13BrN2OS/c15-10-3-1-2-4-12(10)19-8-13-16-11(9-5-6-9)7-14(18)17-13/h1-4,7,9H,5-6,8H2,(H,16,17,18). The Morgan fingerprint density at radius 3 is 2.89 bits per heavy atom. The number of aromatic nitrogens is 2. The molecule has 1 heterocycles. The SMILES string of the molecule is O=c1cc(C2CC2)nc(CSc2ccccc2Br)[nH]1. The van der Waals surface area contributed by atoms with Crippen LogP contribution in [0.3, 0.4) is 0 Å². The van der Waals surface area contributed by atoms with Gasteiger partial charge in [-0.05, 0) is 40.9 Å². The Hall–Kier alpha value is -1.07. The molecule has 0 radical (unpaired) electrons. The van der Waals surface area contributed by atoms with Gasteiger partial charge in [0.15, 0.2) is 0 Å². The number of rotatable bonds is 4. The maximum Gasteiger partial charge on any atom is 0.251 e.